The second-order valence-electron chi connectivity index (χ2n) is 4.90. The summed E-state index contributed by atoms with van der Waals surface area (Å²) in [6.07, 6.45) is -1.17. The minimum absolute atomic E-state index is 0.0425. The summed E-state index contributed by atoms with van der Waals surface area (Å²) in [6, 6.07) is 11.3. The fourth-order valence-corrected chi connectivity index (χ4v) is 2.44. The molecule has 2 N–H and O–H groups in total. The summed E-state index contributed by atoms with van der Waals surface area (Å²) in [6.45, 7) is 0. The van der Waals surface area contributed by atoms with Crippen molar-refractivity contribution < 1.29 is 14.8 Å². The maximum Gasteiger partial charge on any atom is 0.409 e. The molecular formula is C15H12N4O4. The highest BCUT2D eigenvalue weighted by Crippen LogP contribution is 2.30. The molecule has 0 saturated carbocycles. The minimum Gasteiger partial charge on any atom is -0.465 e. The molecule has 116 valence electrons. The van der Waals surface area contributed by atoms with Gasteiger partial charge in [0.1, 0.15) is 5.82 Å². The zero-order valence-corrected chi connectivity index (χ0v) is 12.1. The van der Waals surface area contributed by atoms with Crippen molar-refractivity contribution in [3.05, 3.63) is 52.6 Å². The van der Waals surface area contributed by atoms with E-state index in [1.807, 2.05) is 0 Å². The predicted octanol–water partition coefficient (Wildman–Crippen LogP) is 3.24. The molecule has 0 spiro atoms. The van der Waals surface area contributed by atoms with Gasteiger partial charge < -0.3 is 9.67 Å². The lowest BCUT2D eigenvalue weighted by Gasteiger charge is -2.08. The molecule has 8 heteroatoms. The second-order valence-corrected chi connectivity index (χ2v) is 4.90. The molecule has 0 radical (unpaired) electrons. The van der Waals surface area contributed by atoms with Crippen LogP contribution >= 0.6 is 0 Å². The molecule has 2 aromatic carbocycles. The van der Waals surface area contributed by atoms with Gasteiger partial charge in [-0.05, 0) is 18.2 Å². The van der Waals surface area contributed by atoms with E-state index in [1.54, 1.807) is 41.9 Å². The number of benzene rings is 2. The van der Waals surface area contributed by atoms with E-state index in [0.29, 0.717) is 22.6 Å². The van der Waals surface area contributed by atoms with Crippen molar-refractivity contribution >= 4 is 28.5 Å². The lowest BCUT2D eigenvalue weighted by molar-refractivity contribution is -0.384. The number of hydrogen-bond donors (Lipinski definition) is 2. The highest BCUT2D eigenvalue weighted by molar-refractivity contribution is 5.91. The van der Waals surface area contributed by atoms with Gasteiger partial charge in [-0.15, -0.1) is 0 Å². The van der Waals surface area contributed by atoms with Crippen molar-refractivity contribution in [2.45, 2.75) is 0 Å². The highest BCUT2D eigenvalue weighted by Gasteiger charge is 2.16. The summed E-state index contributed by atoms with van der Waals surface area (Å²) in [5.41, 5.74) is 2.14. The van der Waals surface area contributed by atoms with Crippen molar-refractivity contribution in [2.24, 2.45) is 7.05 Å². The third-order valence-corrected chi connectivity index (χ3v) is 3.48. The number of aryl methyl sites for hydroxylation is 1. The summed E-state index contributed by atoms with van der Waals surface area (Å²) in [5, 5.41) is 22.1. The molecular weight excluding hydrogens is 300 g/mol. The van der Waals surface area contributed by atoms with Crippen LogP contribution in [0.2, 0.25) is 0 Å². The molecule has 0 bridgehead atoms. The maximum atomic E-state index is 10.9. The average Bonchev–Trinajstić information content (AvgIpc) is 2.83. The summed E-state index contributed by atoms with van der Waals surface area (Å²) in [4.78, 5) is 25.7. The van der Waals surface area contributed by atoms with Gasteiger partial charge in [-0.1, -0.05) is 12.1 Å². The molecule has 0 aliphatic carbocycles. The molecule has 0 atom stereocenters. The first kappa shape index (κ1) is 14.5. The van der Waals surface area contributed by atoms with Crippen molar-refractivity contribution in [3.63, 3.8) is 0 Å². The Morgan fingerprint density at radius 3 is 2.74 bits per heavy atom. The second kappa shape index (κ2) is 5.41. The molecule has 0 unspecified atom stereocenters. The molecule has 3 rings (SSSR count). The molecule has 3 aromatic rings. The number of rotatable bonds is 3. The predicted molar refractivity (Wildman–Crippen MR) is 84.5 cm³/mol. The Hall–Kier alpha value is -3.42. The Morgan fingerprint density at radius 1 is 1.30 bits per heavy atom. The van der Waals surface area contributed by atoms with Gasteiger partial charge >= 0.3 is 6.09 Å². The average molecular weight is 312 g/mol. The van der Waals surface area contributed by atoms with Crippen molar-refractivity contribution in [2.75, 3.05) is 5.32 Å². The van der Waals surface area contributed by atoms with E-state index in [0.717, 1.165) is 5.52 Å². The fourth-order valence-electron chi connectivity index (χ4n) is 2.44. The number of anilines is 1. The van der Waals surface area contributed by atoms with E-state index in [1.165, 1.54) is 12.1 Å². The number of fused-ring (bicyclic) bond motifs is 1. The molecule has 0 saturated heterocycles. The van der Waals surface area contributed by atoms with E-state index >= 15 is 0 Å². The first-order valence-corrected chi connectivity index (χ1v) is 6.67. The Kier molecular flexibility index (Phi) is 3.41. The first-order valence-electron chi connectivity index (χ1n) is 6.67. The monoisotopic (exact) mass is 312 g/mol. The van der Waals surface area contributed by atoms with Crippen molar-refractivity contribution in [3.8, 4) is 11.4 Å². The number of imidazole rings is 1. The smallest absolute Gasteiger partial charge is 0.409 e. The van der Waals surface area contributed by atoms with Crippen LogP contribution in [-0.4, -0.2) is 25.7 Å². The third-order valence-electron chi connectivity index (χ3n) is 3.48. The van der Waals surface area contributed by atoms with Crippen LogP contribution in [0.3, 0.4) is 0 Å². The molecule has 1 aromatic heterocycles. The van der Waals surface area contributed by atoms with E-state index in [4.69, 9.17) is 5.11 Å². The topological polar surface area (TPSA) is 110 Å². The normalized spacial score (nSPS) is 10.7. The molecule has 8 nitrogen and oxygen atoms in total. The molecule has 0 aliphatic heterocycles. The maximum absolute atomic E-state index is 10.9. The molecule has 1 amide bonds. The molecule has 1 heterocycles. The Bertz CT molecular complexity index is 932. The van der Waals surface area contributed by atoms with E-state index in [-0.39, 0.29) is 5.69 Å². The van der Waals surface area contributed by atoms with Gasteiger partial charge in [-0.25, -0.2) is 9.78 Å². The first-order chi connectivity index (χ1) is 11.0. The van der Waals surface area contributed by atoms with Crippen LogP contribution in [0, 0.1) is 10.1 Å². The zero-order chi connectivity index (χ0) is 16.6. The number of carbonyl (C=O) groups is 1. The van der Waals surface area contributed by atoms with Crippen LogP contribution in [0.25, 0.3) is 22.4 Å². The fraction of sp³-hybridized carbons (Fsp3) is 0.0667. The number of amides is 1. The Labute approximate surface area is 130 Å². The number of hydrogen-bond acceptors (Lipinski definition) is 4. The Morgan fingerprint density at radius 2 is 2.04 bits per heavy atom. The molecule has 0 fully saturated rings. The van der Waals surface area contributed by atoms with E-state index in [2.05, 4.69) is 10.3 Å². The molecule has 23 heavy (non-hydrogen) atoms. The van der Waals surface area contributed by atoms with Crippen LogP contribution < -0.4 is 5.32 Å². The largest absolute Gasteiger partial charge is 0.465 e. The van der Waals surface area contributed by atoms with Gasteiger partial charge in [0.25, 0.3) is 5.69 Å². The SMILES string of the molecule is Cn1c(-c2ccccc2NC(=O)O)nc2cc([N+](=O)[O-])ccc21. The summed E-state index contributed by atoms with van der Waals surface area (Å²) >= 11 is 0. The van der Waals surface area contributed by atoms with Gasteiger partial charge in [0.15, 0.2) is 0 Å². The van der Waals surface area contributed by atoms with Crippen LogP contribution in [0.5, 0.6) is 0 Å². The van der Waals surface area contributed by atoms with Gasteiger partial charge in [0.05, 0.1) is 21.6 Å². The van der Waals surface area contributed by atoms with Crippen LogP contribution in [0.4, 0.5) is 16.2 Å². The Balaban J connectivity index is 2.19. The highest BCUT2D eigenvalue weighted by atomic mass is 16.6. The quantitative estimate of drug-likeness (QED) is 0.569. The number of non-ortho nitro benzene ring substituents is 1. The number of nitro benzene ring substituents is 1. The number of para-hydroxylation sites is 1. The lowest BCUT2D eigenvalue weighted by Crippen LogP contribution is -2.08. The van der Waals surface area contributed by atoms with Gasteiger partial charge in [0.2, 0.25) is 0 Å². The lowest BCUT2D eigenvalue weighted by atomic mass is 10.1. The number of aromatic nitrogens is 2. The number of carboxylic acid groups (broad SMARTS) is 1. The van der Waals surface area contributed by atoms with Gasteiger partial charge in [-0.2, -0.15) is 0 Å². The standard InChI is InChI=1S/C15H12N4O4/c1-18-13-7-6-9(19(22)23)8-12(13)16-14(18)10-4-2-3-5-11(10)17-15(20)21/h2-8,17H,1H3,(H,20,21). The van der Waals surface area contributed by atoms with E-state index < -0.39 is 11.0 Å². The number of nitro groups is 1. The summed E-state index contributed by atoms with van der Waals surface area (Å²) < 4.78 is 1.77. The van der Waals surface area contributed by atoms with Crippen LogP contribution in [-0.2, 0) is 7.05 Å². The van der Waals surface area contributed by atoms with Crippen molar-refractivity contribution in [1.82, 2.24) is 9.55 Å². The van der Waals surface area contributed by atoms with Crippen LogP contribution in [0.15, 0.2) is 42.5 Å². The minimum atomic E-state index is -1.17. The number of nitrogens with zero attached hydrogens (tertiary/aromatic N) is 3. The summed E-state index contributed by atoms with van der Waals surface area (Å²) in [7, 11) is 1.77. The zero-order valence-electron chi connectivity index (χ0n) is 12.1. The third kappa shape index (κ3) is 2.57. The van der Waals surface area contributed by atoms with Crippen LogP contribution in [0.1, 0.15) is 0 Å². The van der Waals surface area contributed by atoms with E-state index in [9.17, 15) is 14.9 Å². The van der Waals surface area contributed by atoms with Gasteiger partial charge in [0, 0.05) is 24.7 Å². The van der Waals surface area contributed by atoms with Gasteiger partial charge in [-0.3, -0.25) is 15.4 Å². The van der Waals surface area contributed by atoms with Crippen molar-refractivity contribution in [1.29, 1.82) is 0 Å². The summed E-state index contributed by atoms with van der Waals surface area (Å²) in [5.74, 6) is 0.518. The molecule has 0 aliphatic rings. The number of nitrogens with one attached hydrogen (secondary N) is 1.